The predicted octanol–water partition coefficient (Wildman–Crippen LogP) is 5.74. The molecule has 8 heteroatoms. The van der Waals surface area contributed by atoms with Crippen molar-refractivity contribution in [1.82, 2.24) is 10.2 Å². The SMILES string of the molecule is C=C(C)[C@@H]1CC[C@]2(NCCS(=O)(=O)CCN3CCS(=O)(=O)CC3)CC[C@]3(C)[C@H](CC[C@@H]4C[C@H](C(C)(C)C)CC[C@]43C)[C@@H]12. The molecule has 42 heavy (non-hydrogen) atoms. The van der Waals surface area contributed by atoms with E-state index in [1.807, 2.05) is 4.90 Å². The predicted molar refractivity (Wildman–Crippen MR) is 174 cm³/mol. The largest absolute Gasteiger partial charge is 0.310 e. The highest BCUT2D eigenvalue weighted by Crippen LogP contribution is 2.72. The zero-order valence-corrected chi connectivity index (χ0v) is 29.1. The van der Waals surface area contributed by atoms with Gasteiger partial charge in [0, 0.05) is 31.7 Å². The van der Waals surface area contributed by atoms with Crippen LogP contribution in [0.4, 0.5) is 0 Å². The summed E-state index contributed by atoms with van der Waals surface area (Å²) in [5.74, 6) is 3.87. The van der Waals surface area contributed by atoms with Crippen LogP contribution in [-0.4, -0.2) is 76.5 Å². The molecule has 5 rings (SSSR count). The fraction of sp³-hybridized carbons (Fsp3) is 0.941. The molecule has 1 saturated heterocycles. The Kier molecular flexibility index (Phi) is 8.95. The van der Waals surface area contributed by atoms with Crippen LogP contribution < -0.4 is 5.32 Å². The number of hydrogen-bond acceptors (Lipinski definition) is 6. The first-order valence-electron chi connectivity index (χ1n) is 17.0. The zero-order chi connectivity index (χ0) is 30.8. The molecule has 242 valence electrons. The molecule has 0 unspecified atom stereocenters. The van der Waals surface area contributed by atoms with Crippen LogP contribution in [0.25, 0.3) is 0 Å². The number of sulfone groups is 2. The van der Waals surface area contributed by atoms with Crippen molar-refractivity contribution in [3.63, 3.8) is 0 Å². The number of allylic oxidation sites excluding steroid dienone is 1. The van der Waals surface area contributed by atoms with Gasteiger partial charge in [0.1, 0.15) is 0 Å². The molecule has 0 aromatic carbocycles. The molecule has 4 saturated carbocycles. The van der Waals surface area contributed by atoms with Gasteiger partial charge >= 0.3 is 0 Å². The Bertz CT molecular complexity index is 1230. The summed E-state index contributed by atoms with van der Waals surface area (Å²) < 4.78 is 49.6. The van der Waals surface area contributed by atoms with Crippen molar-refractivity contribution in [2.75, 3.05) is 49.2 Å². The molecule has 0 aromatic heterocycles. The molecular formula is C34H60N2O4S2. The molecule has 8 atom stereocenters. The molecular weight excluding hydrogens is 565 g/mol. The van der Waals surface area contributed by atoms with Crippen LogP contribution in [0.3, 0.4) is 0 Å². The third kappa shape index (κ3) is 6.06. The average molecular weight is 625 g/mol. The summed E-state index contributed by atoms with van der Waals surface area (Å²) in [5, 5.41) is 3.94. The highest BCUT2D eigenvalue weighted by Gasteiger charge is 2.66. The quantitative estimate of drug-likeness (QED) is 0.347. The van der Waals surface area contributed by atoms with Gasteiger partial charge in [-0.15, -0.1) is 0 Å². The minimum atomic E-state index is -3.22. The van der Waals surface area contributed by atoms with Crippen LogP contribution in [0.15, 0.2) is 12.2 Å². The Morgan fingerprint density at radius 2 is 1.64 bits per heavy atom. The maximum absolute atomic E-state index is 13.1. The minimum Gasteiger partial charge on any atom is -0.310 e. The van der Waals surface area contributed by atoms with E-state index in [4.69, 9.17) is 0 Å². The lowest BCUT2D eigenvalue weighted by Gasteiger charge is -2.68. The normalized spacial score (nSPS) is 42.4. The van der Waals surface area contributed by atoms with E-state index in [1.54, 1.807) is 0 Å². The third-order valence-electron chi connectivity index (χ3n) is 13.8. The van der Waals surface area contributed by atoms with Crippen LogP contribution >= 0.6 is 0 Å². The Balaban J connectivity index is 1.27. The van der Waals surface area contributed by atoms with Crippen molar-refractivity contribution >= 4 is 19.7 Å². The minimum absolute atomic E-state index is 0.0103. The van der Waals surface area contributed by atoms with Crippen LogP contribution in [0, 0.1) is 45.8 Å². The Morgan fingerprint density at radius 1 is 0.952 bits per heavy atom. The molecule has 0 bridgehead atoms. The maximum Gasteiger partial charge on any atom is 0.152 e. The molecule has 0 radical (unpaired) electrons. The van der Waals surface area contributed by atoms with Crippen molar-refractivity contribution in [3.8, 4) is 0 Å². The number of nitrogens with one attached hydrogen (secondary N) is 1. The molecule has 0 spiro atoms. The van der Waals surface area contributed by atoms with E-state index in [1.165, 1.54) is 44.1 Å². The summed E-state index contributed by atoms with van der Waals surface area (Å²) in [6.07, 6.45) is 11.4. The molecule has 1 N–H and O–H groups in total. The lowest BCUT2D eigenvalue weighted by molar-refractivity contribution is -0.176. The molecule has 0 aromatic rings. The second-order valence-electron chi connectivity index (χ2n) is 16.8. The molecule has 5 aliphatic rings. The van der Waals surface area contributed by atoms with Crippen LogP contribution in [-0.2, 0) is 19.7 Å². The summed E-state index contributed by atoms with van der Waals surface area (Å²) in [6, 6.07) is 0. The highest BCUT2D eigenvalue weighted by atomic mass is 32.2. The van der Waals surface area contributed by atoms with E-state index >= 15 is 0 Å². The molecule has 6 nitrogen and oxygen atoms in total. The summed E-state index contributed by atoms with van der Waals surface area (Å²) >= 11 is 0. The highest BCUT2D eigenvalue weighted by molar-refractivity contribution is 7.91. The van der Waals surface area contributed by atoms with E-state index in [-0.39, 0.29) is 28.6 Å². The van der Waals surface area contributed by atoms with E-state index in [9.17, 15) is 16.8 Å². The van der Waals surface area contributed by atoms with Crippen molar-refractivity contribution in [2.24, 2.45) is 45.8 Å². The van der Waals surface area contributed by atoms with Gasteiger partial charge in [0.05, 0.1) is 23.0 Å². The third-order valence-corrected chi connectivity index (χ3v) is 17.1. The fourth-order valence-electron chi connectivity index (χ4n) is 10.8. The number of nitrogens with zero attached hydrogens (tertiary/aromatic N) is 1. The number of fused-ring (bicyclic) bond motifs is 5. The first-order valence-corrected chi connectivity index (χ1v) is 20.6. The van der Waals surface area contributed by atoms with E-state index < -0.39 is 19.7 Å². The molecule has 1 heterocycles. The first kappa shape index (κ1) is 32.9. The number of rotatable bonds is 8. The first-order chi connectivity index (χ1) is 19.4. The van der Waals surface area contributed by atoms with Crippen molar-refractivity contribution in [3.05, 3.63) is 12.2 Å². The molecule has 1 aliphatic heterocycles. The lowest BCUT2D eigenvalue weighted by Crippen LogP contribution is -2.65. The van der Waals surface area contributed by atoms with Crippen molar-refractivity contribution < 1.29 is 16.8 Å². The van der Waals surface area contributed by atoms with Gasteiger partial charge in [-0.1, -0.05) is 46.8 Å². The second kappa shape index (κ2) is 11.4. The smallest absolute Gasteiger partial charge is 0.152 e. The van der Waals surface area contributed by atoms with Gasteiger partial charge in [-0.25, -0.2) is 16.8 Å². The van der Waals surface area contributed by atoms with E-state index in [0.29, 0.717) is 60.2 Å². The molecule has 4 aliphatic carbocycles. The Hall–Kier alpha value is -0.440. The molecule has 0 amide bonds. The van der Waals surface area contributed by atoms with Gasteiger partial charge in [-0.05, 0) is 111 Å². The van der Waals surface area contributed by atoms with Gasteiger partial charge in [-0.3, -0.25) is 0 Å². The standard InChI is InChI=1S/C34H60N2O4S2/c1-25(2)28-11-13-34(35-16-20-41(37,38)21-17-36-18-22-42(39,40)23-19-36)15-14-33(7)29(30(28)34)9-8-27-24-26(31(3,4)5)10-12-32(27,33)6/h26-30,35H,1,8-24H2,2-7H3/t26-,27-,28+,29-,30-,32-,33-,34+/m1/s1. The zero-order valence-electron chi connectivity index (χ0n) is 27.5. The van der Waals surface area contributed by atoms with Gasteiger partial charge < -0.3 is 10.2 Å². The van der Waals surface area contributed by atoms with Crippen LogP contribution in [0.2, 0.25) is 0 Å². The Labute approximate surface area is 258 Å². The summed E-state index contributed by atoms with van der Waals surface area (Å²) in [5.41, 5.74) is 2.41. The van der Waals surface area contributed by atoms with Crippen LogP contribution in [0.5, 0.6) is 0 Å². The lowest BCUT2D eigenvalue weighted by atomic mass is 9.38. The van der Waals surface area contributed by atoms with Crippen LogP contribution in [0.1, 0.15) is 99.3 Å². The van der Waals surface area contributed by atoms with Crippen molar-refractivity contribution in [1.29, 1.82) is 0 Å². The summed E-state index contributed by atoms with van der Waals surface area (Å²) in [4.78, 5) is 1.99. The second-order valence-corrected chi connectivity index (χ2v) is 21.4. The fourth-order valence-corrected chi connectivity index (χ4v) is 13.2. The van der Waals surface area contributed by atoms with Gasteiger partial charge in [0.15, 0.2) is 19.7 Å². The monoisotopic (exact) mass is 624 g/mol. The maximum atomic E-state index is 13.1. The average Bonchev–Trinajstić information content (AvgIpc) is 3.27. The van der Waals surface area contributed by atoms with E-state index in [0.717, 1.165) is 31.1 Å². The Morgan fingerprint density at radius 3 is 2.29 bits per heavy atom. The topological polar surface area (TPSA) is 83.6 Å². The van der Waals surface area contributed by atoms with Gasteiger partial charge in [0.2, 0.25) is 0 Å². The van der Waals surface area contributed by atoms with Crippen molar-refractivity contribution in [2.45, 2.75) is 105 Å². The molecule has 5 fully saturated rings. The number of hydrogen-bond donors (Lipinski definition) is 1. The van der Waals surface area contributed by atoms with E-state index in [2.05, 4.69) is 53.4 Å². The summed E-state index contributed by atoms with van der Waals surface area (Å²) in [7, 11) is -6.18. The van der Waals surface area contributed by atoms with Gasteiger partial charge in [-0.2, -0.15) is 0 Å². The summed E-state index contributed by atoms with van der Waals surface area (Å²) in [6.45, 7) is 21.1. The van der Waals surface area contributed by atoms with Gasteiger partial charge in [0.25, 0.3) is 0 Å².